The first-order chi connectivity index (χ1) is 9.24. The van der Waals surface area contributed by atoms with Crippen molar-refractivity contribution in [1.29, 1.82) is 5.26 Å². The van der Waals surface area contributed by atoms with Gasteiger partial charge in [-0.15, -0.1) is 0 Å². The van der Waals surface area contributed by atoms with Crippen LogP contribution in [-0.2, 0) is 11.3 Å². The SMILES string of the molecule is COCC(C)NCCn1ccc2cc(C#N)ccc21. The summed E-state index contributed by atoms with van der Waals surface area (Å²) < 4.78 is 7.28. The summed E-state index contributed by atoms with van der Waals surface area (Å²) in [4.78, 5) is 0. The average Bonchev–Trinajstić information content (AvgIpc) is 2.81. The molecular formula is C15H19N3O. The number of hydrogen-bond donors (Lipinski definition) is 1. The number of nitriles is 1. The first-order valence-electron chi connectivity index (χ1n) is 6.46. The highest BCUT2D eigenvalue weighted by Crippen LogP contribution is 2.17. The third kappa shape index (κ3) is 3.34. The molecule has 0 saturated carbocycles. The van der Waals surface area contributed by atoms with Gasteiger partial charge in [0.1, 0.15) is 0 Å². The van der Waals surface area contributed by atoms with Gasteiger partial charge in [0.25, 0.3) is 0 Å². The summed E-state index contributed by atoms with van der Waals surface area (Å²) in [6, 6.07) is 10.4. The molecule has 0 aliphatic heterocycles. The van der Waals surface area contributed by atoms with Crippen LogP contribution in [0.15, 0.2) is 30.5 Å². The van der Waals surface area contributed by atoms with Gasteiger partial charge in [-0.1, -0.05) is 0 Å². The Bertz CT molecular complexity index is 583. The van der Waals surface area contributed by atoms with E-state index in [4.69, 9.17) is 10.00 Å². The number of methoxy groups -OCH3 is 1. The number of hydrogen-bond acceptors (Lipinski definition) is 3. The van der Waals surface area contributed by atoms with Gasteiger partial charge in [-0.3, -0.25) is 0 Å². The maximum absolute atomic E-state index is 8.88. The van der Waals surface area contributed by atoms with Crippen molar-refractivity contribution < 1.29 is 4.74 Å². The molecule has 0 amide bonds. The Morgan fingerprint density at radius 1 is 1.42 bits per heavy atom. The highest BCUT2D eigenvalue weighted by Gasteiger charge is 2.03. The lowest BCUT2D eigenvalue weighted by Gasteiger charge is -2.13. The Labute approximate surface area is 113 Å². The van der Waals surface area contributed by atoms with Crippen molar-refractivity contribution in [1.82, 2.24) is 9.88 Å². The Morgan fingerprint density at radius 3 is 3.00 bits per heavy atom. The van der Waals surface area contributed by atoms with Crippen LogP contribution in [0.1, 0.15) is 12.5 Å². The Balaban J connectivity index is 2.00. The second-order valence-electron chi connectivity index (χ2n) is 4.71. The lowest BCUT2D eigenvalue weighted by molar-refractivity contribution is 0.172. The summed E-state index contributed by atoms with van der Waals surface area (Å²) in [7, 11) is 1.71. The van der Waals surface area contributed by atoms with Crippen LogP contribution in [0.4, 0.5) is 0 Å². The zero-order chi connectivity index (χ0) is 13.7. The van der Waals surface area contributed by atoms with E-state index in [-0.39, 0.29) is 0 Å². The van der Waals surface area contributed by atoms with Gasteiger partial charge < -0.3 is 14.6 Å². The van der Waals surface area contributed by atoms with Crippen molar-refractivity contribution in [3.63, 3.8) is 0 Å². The average molecular weight is 257 g/mol. The molecule has 1 heterocycles. The van der Waals surface area contributed by atoms with Gasteiger partial charge in [0.2, 0.25) is 0 Å². The van der Waals surface area contributed by atoms with Gasteiger partial charge >= 0.3 is 0 Å². The van der Waals surface area contributed by atoms with E-state index in [0.717, 1.165) is 25.1 Å². The van der Waals surface area contributed by atoms with E-state index in [1.165, 1.54) is 5.52 Å². The van der Waals surface area contributed by atoms with Gasteiger partial charge in [0, 0.05) is 43.3 Å². The number of rotatable bonds is 6. The predicted octanol–water partition coefficient (Wildman–Crippen LogP) is 2.14. The smallest absolute Gasteiger partial charge is 0.0991 e. The standard InChI is InChI=1S/C15H19N3O/c1-12(11-19-2)17-6-8-18-7-5-14-9-13(10-16)3-4-15(14)18/h3-5,7,9,12,17H,6,8,11H2,1-2H3. The van der Waals surface area contributed by atoms with Crippen molar-refractivity contribution >= 4 is 10.9 Å². The van der Waals surface area contributed by atoms with E-state index in [0.29, 0.717) is 11.6 Å². The van der Waals surface area contributed by atoms with Crippen molar-refractivity contribution in [2.75, 3.05) is 20.3 Å². The minimum absolute atomic E-state index is 0.358. The Kier molecular flexibility index (Phi) is 4.56. The van der Waals surface area contributed by atoms with E-state index >= 15 is 0 Å². The summed E-state index contributed by atoms with van der Waals surface area (Å²) in [5.41, 5.74) is 1.87. The molecule has 2 aromatic rings. The zero-order valence-electron chi connectivity index (χ0n) is 11.4. The predicted molar refractivity (Wildman–Crippen MR) is 76.0 cm³/mol. The molecule has 0 saturated heterocycles. The van der Waals surface area contributed by atoms with E-state index in [1.54, 1.807) is 7.11 Å². The number of aromatic nitrogens is 1. The van der Waals surface area contributed by atoms with E-state index < -0.39 is 0 Å². The lowest BCUT2D eigenvalue weighted by Crippen LogP contribution is -2.32. The van der Waals surface area contributed by atoms with Gasteiger partial charge in [0.05, 0.1) is 18.2 Å². The highest BCUT2D eigenvalue weighted by atomic mass is 16.5. The second-order valence-corrected chi connectivity index (χ2v) is 4.71. The lowest BCUT2D eigenvalue weighted by atomic mass is 10.2. The normalized spacial score (nSPS) is 12.5. The molecule has 0 fully saturated rings. The monoisotopic (exact) mass is 257 g/mol. The summed E-state index contributed by atoms with van der Waals surface area (Å²) in [6.07, 6.45) is 2.06. The van der Waals surface area contributed by atoms with Gasteiger partial charge in [-0.05, 0) is 31.2 Å². The molecule has 19 heavy (non-hydrogen) atoms. The molecule has 1 N–H and O–H groups in total. The Hall–Kier alpha value is -1.83. The van der Waals surface area contributed by atoms with Crippen molar-refractivity contribution in [2.24, 2.45) is 0 Å². The molecule has 0 spiro atoms. The molecular weight excluding hydrogens is 238 g/mol. The maximum atomic E-state index is 8.88. The quantitative estimate of drug-likeness (QED) is 0.862. The van der Waals surface area contributed by atoms with E-state index in [2.05, 4.69) is 35.1 Å². The minimum atomic E-state index is 0.358. The third-order valence-electron chi connectivity index (χ3n) is 3.16. The molecule has 4 nitrogen and oxygen atoms in total. The van der Waals surface area contributed by atoms with Crippen molar-refractivity contribution in [3.05, 3.63) is 36.0 Å². The van der Waals surface area contributed by atoms with Crippen LogP contribution in [0.5, 0.6) is 0 Å². The van der Waals surface area contributed by atoms with Gasteiger partial charge in [0.15, 0.2) is 0 Å². The van der Waals surface area contributed by atoms with Gasteiger partial charge in [-0.25, -0.2) is 0 Å². The molecule has 1 aromatic carbocycles. The number of fused-ring (bicyclic) bond motifs is 1. The summed E-state index contributed by atoms with van der Waals surface area (Å²) >= 11 is 0. The number of ether oxygens (including phenoxy) is 1. The highest BCUT2D eigenvalue weighted by molar-refractivity contribution is 5.81. The van der Waals surface area contributed by atoms with Crippen LogP contribution in [0, 0.1) is 11.3 Å². The summed E-state index contributed by atoms with van der Waals surface area (Å²) in [6.45, 7) is 4.63. The Morgan fingerprint density at radius 2 is 2.26 bits per heavy atom. The van der Waals surface area contributed by atoms with Crippen molar-refractivity contribution in [2.45, 2.75) is 19.5 Å². The maximum Gasteiger partial charge on any atom is 0.0991 e. The summed E-state index contributed by atoms with van der Waals surface area (Å²) in [5.74, 6) is 0. The largest absolute Gasteiger partial charge is 0.383 e. The second kappa shape index (κ2) is 6.37. The van der Waals surface area contributed by atoms with Crippen LogP contribution in [-0.4, -0.2) is 30.9 Å². The molecule has 1 unspecified atom stereocenters. The molecule has 2 rings (SSSR count). The first-order valence-corrected chi connectivity index (χ1v) is 6.46. The minimum Gasteiger partial charge on any atom is -0.383 e. The topological polar surface area (TPSA) is 50.0 Å². The molecule has 0 radical (unpaired) electrons. The number of nitrogens with one attached hydrogen (secondary N) is 1. The van der Waals surface area contributed by atoms with Gasteiger partial charge in [-0.2, -0.15) is 5.26 Å². The molecule has 0 bridgehead atoms. The van der Waals surface area contributed by atoms with Crippen LogP contribution < -0.4 is 5.32 Å². The van der Waals surface area contributed by atoms with Crippen LogP contribution in [0.25, 0.3) is 10.9 Å². The fraction of sp³-hybridized carbons (Fsp3) is 0.400. The molecule has 100 valence electrons. The molecule has 4 heteroatoms. The fourth-order valence-corrected chi connectivity index (χ4v) is 2.21. The third-order valence-corrected chi connectivity index (χ3v) is 3.16. The number of nitrogens with zero attached hydrogens (tertiary/aromatic N) is 2. The zero-order valence-corrected chi connectivity index (χ0v) is 11.4. The first kappa shape index (κ1) is 13.6. The van der Waals surface area contributed by atoms with E-state index in [1.807, 2.05) is 18.2 Å². The van der Waals surface area contributed by atoms with Crippen LogP contribution in [0.3, 0.4) is 0 Å². The molecule has 0 aliphatic rings. The van der Waals surface area contributed by atoms with E-state index in [9.17, 15) is 0 Å². The fourth-order valence-electron chi connectivity index (χ4n) is 2.21. The summed E-state index contributed by atoms with van der Waals surface area (Å²) in [5, 5.41) is 13.4. The van der Waals surface area contributed by atoms with Crippen molar-refractivity contribution in [3.8, 4) is 6.07 Å². The molecule has 1 atom stereocenters. The van der Waals surface area contributed by atoms with Crippen LogP contribution >= 0.6 is 0 Å². The molecule has 0 aliphatic carbocycles. The van der Waals surface area contributed by atoms with Crippen LogP contribution in [0.2, 0.25) is 0 Å². The number of benzene rings is 1. The molecule has 1 aromatic heterocycles.